The van der Waals surface area contributed by atoms with Crippen LogP contribution in [-0.4, -0.2) is 38.4 Å². The molecule has 7 heteroatoms. The van der Waals surface area contributed by atoms with E-state index in [9.17, 15) is 18.0 Å². The van der Waals surface area contributed by atoms with Gasteiger partial charge in [0.15, 0.2) is 0 Å². The van der Waals surface area contributed by atoms with E-state index in [1.807, 2.05) is 30.3 Å². The lowest BCUT2D eigenvalue weighted by molar-refractivity contribution is -0.173. The quantitative estimate of drug-likeness (QED) is 0.712. The Morgan fingerprint density at radius 1 is 1.05 bits per heavy atom. The standard InChI is InChI=1S/C14H18F3NO3/c15-14(16,17)13(19)18-7-4-8-20-9-10-21-11-12-5-2-1-3-6-12/h1-3,5-6H,4,7-11H2,(H,18,19). The van der Waals surface area contributed by atoms with Gasteiger partial charge in [-0.25, -0.2) is 0 Å². The lowest BCUT2D eigenvalue weighted by atomic mass is 10.2. The first-order valence-corrected chi connectivity index (χ1v) is 6.54. The first-order valence-electron chi connectivity index (χ1n) is 6.54. The summed E-state index contributed by atoms with van der Waals surface area (Å²) in [6, 6.07) is 9.66. The molecule has 0 aliphatic heterocycles. The van der Waals surface area contributed by atoms with Crippen LogP contribution in [0.4, 0.5) is 13.2 Å². The van der Waals surface area contributed by atoms with Gasteiger partial charge in [0.05, 0.1) is 19.8 Å². The second-order valence-electron chi connectivity index (χ2n) is 4.26. The van der Waals surface area contributed by atoms with Crippen molar-refractivity contribution in [2.45, 2.75) is 19.2 Å². The number of carbonyl (C=O) groups is 1. The zero-order chi connectivity index (χ0) is 15.6. The van der Waals surface area contributed by atoms with Crippen LogP contribution in [0.2, 0.25) is 0 Å². The minimum Gasteiger partial charge on any atom is -0.379 e. The van der Waals surface area contributed by atoms with Gasteiger partial charge in [-0.2, -0.15) is 13.2 Å². The van der Waals surface area contributed by atoms with E-state index in [0.717, 1.165) is 5.56 Å². The molecule has 4 nitrogen and oxygen atoms in total. The predicted molar refractivity (Wildman–Crippen MR) is 70.6 cm³/mol. The number of ether oxygens (including phenoxy) is 2. The Kier molecular flexibility index (Phi) is 7.78. The van der Waals surface area contributed by atoms with Gasteiger partial charge in [-0.05, 0) is 12.0 Å². The SMILES string of the molecule is O=C(NCCCOCCOCc1ccccc1)C(F)(F)F. The van der Waals surface area contributed by atoms with Crippen molar-refractivity contribution in [2.24, 2.45) is 0 Å². The normalized spacial score (nSPS) is 11.4. The van der Waals surface area contributed by atoms with Crippen LogP contribution >= 0.6 is 0 Å². The maximum atomic E-state index is 11.8. The third-order valence-electron chi connectivity index (χ3n) is 2.49. The summed E-state index contributed by atoms with van der Waals surface area (Å²) in [7, 11) is 0. The molecular formula is C14H18F3NO3. The molecule has 0 aliphatic rings. The largest absolute Gasteiger partial charge is 0.471 e. The lowest BCUT2D eigenvalue weighted by Crippen LogP contribution is -2.37. The van der Waals surface area contributed by atoms with E-state index in [4.69, 9.17) is 9.47 Å². The molecule has 0 aromatic heterocycles. The highest BCUT2D eigenvalue weighted by molar-refractivity contribution is 5.81. The number of rotatable bonds is 9. The second-order valence-corrected chi connectivity index (χ2v) is 4.26. The highest BCUT2D eigenvalue weighted by atomic mass is 19.4. The first-order chi connectivity index (χ1) is 10.00. The summed E-state index contributed by atoms with van der Waals surface area (Å²) >= 11 is 0. The molecule has 0 heterocycles. The molecule has 0 saturated heterocycles. The van der Waals surface area contributed by atoms with Gasteiger partial charge >= 0.3 is 12.1 Å². The Balaban J connectivity index is 1.90. The van der Waals surface area contributed by atoms with E-state index >= 15 is 0 Å². The van der Waals surface area contributed by atoms with Crippen molar-refractivity contribution in [1.82, 2.24) is 5.32 Å². The van der Waals surface area contributed by atoms with E-state index in [-0.39, 0.29) is 13.2 Å². The van der Waals surface area contributed by atoms with E-state index in [1.165, 1.54) is 0 Å². The van der Waals surface area contributed by atoms with Gasteiger partial charge in [-0.3, -0.25) is 4.79 Å². The fourth-order valence-corrected chi connectivity index (χ4v) is 1.46. The predicted octanol–water partition coefficient (Wildman–Crippen LogP) is 2.29. The molecular weight excluding hydrogens is 287 g/mol. The molecule has 1 aromatic carbocycles. The van der Waals surface area contributed by atoms with Crippen molar-refractivity contribution < 1.29 is 27.4 Å². The number of hydrogen-bond donors (Lipinski definition) is 1. The fourth-order valence-electron chi connectivity index (χ4n) is 1.46. The monoisotopic (exact) mass is 305 g/mol. The summed E-state index contributed by atoms with van der Waals surface area (Å²) < 4.78 is 46.1. The summed E-state index contributed by atoms with van der Waals surface area (Å²) in [6.07, 6.45) is -4.51. The molecule has 21 heavy (non-hydrogen) atoms. The highest BCUT2D eigenvalue weighted by Crippen LogP contribution is 2.13. The van der Waals surface area contributed by atoms with Crippen molar-refractivity contribution in [3.8, 4) is 0 Å². The molecule has 0 radical (unpaired) electrons. The van der Waals surface area contributed by atoms with Gasteiger partial charge in [0.2, 0.25) is 0 Å². The molecule has 118 valence electrons. The molecule has 0 atom stereocenters. The maximum Gasteiger partial charge on any atom is 0.471 e. The Labute approximate surface area is 121 Å². The maximum absolute atomic E-state index is 11.8. The van der Waals surface area contributed by atoms with E-state index in [1.54, 1.807) is 5.32 Å². The smallest absolute Gasteiger partial charge is 0.379 e. The Hall–Kier alpha value is -1.60. The average molecular weight is 305 g/mol. The van der Waals surface area contributed by atoms with Crippen LogP contribution in [-0.2, 0) is 20.9 Å². The zero-order valence-electron chi connectivity index (χ0n) is 11.5. The Bertz CT molecular complexity index is 410. The Morgan fingerprint density at radius 3 is 2.38 bits per heavy atom. The average Bonchev–Trinajstić information content (AvgIpc) is 2.45. The van der Waals surface area contributed by atoms with Crippen molar-refractivity contribution in [2.75, 3.05) is 26.4 Å². The molecule has 0 bridgehead atoms. The van der Waals surface area contributed by atoms with Crippen LogP contribution < -0.4 is 5.32 Å². The number of benzene rings is 1. The van der Waals surface area contributed by atoms with Gasteiger partial charge in [-0.1, -0.05) is 30.3 Å². The van der Waals surface area contributed by atoms with Gasteiger partial charge < -0.3 is 14.8 Å². The highest BCUT2D eigenvalue weighted by Gasteiger charge is 2.38. The van der Waals surface area contributed by atoms with Crippen LogP contribution in [0, 0.1) is 0 Å². The molecule has 1 N–H and O–H groups in total. The zero-order valence-corrected chi connectivity index (χ0v) is 11.5. The number of nitrogens with one attached hydrogen (secondary N) is 1. The topological polar surface area (TPSA) is 47.6 Å². The van der Waals surface area contributed by atoms with Crippen LogP contribution in [0.15, 0.2) is 30.3 Å². The Morgan fingerprint density at radius 2 is 1.71 bits per heavy atom. The van der Waals surface area contributed by atoms with Crippen LogP contribution in [0.5, 0.6) is 0 Å². The fraction of sp³-hybridized carbons (Fsp3) is 0.500. The number of carbonyl (C=O) groups excluding carboxylic acids is 1. The molecule has 0 aliphatic carbocycles. The van der Waals surface area contributed by atoms with E-state index in [0.29, 0.717) is 26.2 Å². The third kappa shape index (κ3) is 8.31. The van der Waals surface area contributed by atoms with E-state index in [2.05, 4.69) is 0 Å². The van der Waals surface area contributed by atoms with Crippen molar-refractivity contribution in [1.29, 1.82) is 0 Å². The van der Waals surface area contributed by atoms with E-state index < -0.39 is 12.1 Å². The van der Waals surface area contributed by atoms with Crippen LogP contribution in [0.1, 0.15) is 12.0 Å². The van der Waals surface area contributed by atoms with Crippen LogP contribution in [0.25, 0.3) is 0 Å². The molecule has 1 rings (SSSR count). The van der Waals surface area contributed by atoms with Crippen molar-refractivity contribution in [3.63, 3.8) is 0 Å². The molecule has 0 saturated carbocycles. The van der Waals surface area contributed by atoms with Gasteiger partial charge in [0.1, 0.15) is 0 Å². The molecule has 0 fully saturated rings. The molecule has 1 aromatic rings. The summed E-state index contributed by atoms with van der Waals surface area (Å²) in [5.74, 6) is -1.92. The lowest BCUT2D eigenvalue weighted by Gasteiger charge is -2.08. The molecule has 0 spiro atoms. The summed E-state index contributed by atoms with van der Waals surface area (Å²) in [5, 5.41) is 1.77. The van der Waals surface area contributed by atoms with Crippen LogP contribution in [0.3, 0.4) is 0 Å². The summed E-state index contributed by atoms with van der Waals surface area (Å²) in [4.78, 5) is 10.5. The number of alkyl halides is 3. The minimum atomic E-state index is -4.83. The minimum absolute atomic E-state index is 0.0663. The van der Waals surface area contributed by atoms with Crippen molar-refractivity contribution in [3.05, 3.63) is 35.9 Å². The number of amides is 1. The molecule has 1 amide bonds. The van der Waals surface area contributed by atoms with Gasteiger partial charge in [0.25, 0.3) is 0 Å². The molecule has 0 unspecified atom stereocenters. The number of halogens is 3. The van der Waals surface area contributed by atoms with Gasteiger partial charge in [0, 0.05) is 13.2 Å². The third-order valence-corrected chi connectivity index (χ3v) is 2.49. The number of hydrogen-bond acceptors (Lipinski definition) is 3. The summed E-state index contributed by atoms with van der Waals surface area (Å²) in [5.41, 5.74) is 1.06. The van der Waals surface area contributed by atoms with Crippen molar-refractivity contribution >= 4 is 5.91 Å². The van der Waals surface area contributed by atoms with Gasteiger partial charge in [-0.15, -0.1) is 0 Å². The second kappa shape index (κ2) is 9.36. The summed E-state index contributed by atoms with van der Waals surface area (Å²) in [6.45, 7) is 1.46. The first kappa shape index (κ1) is 17.5.